The molecule has 0 unspecified atom stereocenters. The highest BCUT2D eigenvalue weighted by Gasteiger charge is 1.87. The second-order valence-corrected chi connectivity index (χ2v) is 11.5. The van der Waals surface area contributed by atoms with Crippen molar-refractivity contribution in [2.45, 2.75) is 83.1 Å². The lowest BCUT2D eigenvalue weighted by Gasteiger charge is -1.90. The fraction of sp³-hybridized carbons (Fsp3) is 0.300. The summed E-state index contributed by atoms with van der Waals surface area (Å²) in [5.74, 6) is 1.68. The molecule has 0 saturated carbocycles. The smallest absolute Gasteiger partial charge is 0.147 e. The van der Waals surface area contributed by atoms with Gasteiger partial charge in [-0.3, -0.25) is 25.0 Å². The number of aryl methyl sites for hydroxylation is 12. The zero-order valence-electron chi connectivity index (χ0n) is 30.4. The zero-order chi connectivity index (χ0) is 35.2. The lowest BCUT2D eigenvalue weighted by atomic mass is 10.2. The highest BCUT2D eigenvalue weighted by atomic mass is 15.2. The van der Waals surface area contributed by atoms with E-state index < -0.39 is 0 Å². The largest absolute Gasteiger partial charge is 0.263 e. The third-order valence-corrected chi connectivity index (χ3v) is 6.13. The number of pyridine rings is 2. The maximum Gasteiger partial charge on any atom is 0.147 e. The molecule has 0 aliphatic heterocycles. The molecule has 248 valence electrons. The molecule has 7 heteroatoms. The molecular weight excluding hydrogens is 578 g/mol. The molecular formula is C40H53N7. The summed E-state index contributed by atoms with van der Waals surface area (Å²) in [4.78, 5) is 20.1. The van der Waals surface area contributed by atoms with Crippen LogP contribution in [0.2, 0.25) is 0 Å². The van der Waals surface area contributed by atoms with E-state index in [9.17, 15) is 0 Å². The topological polar surface area (TPSA) is 93.1 Å². The van der Waals surface area contributed by atoms with E-state index >= 15 is 0 Å². The Labute approximate surface area is 283 Å². The van der Waals surface area contributed by atoms with Crippen molar-refractivity contribution in [3.8, 4) is 0 Å². The van der Waals surface area contributed by atoms with E-state index in [1.807, 2.05) is 79.9 Å². The van der Waals surface area contributed by atoms with Crippen LogP contribution in [0.25, 0.3) is 0 Å². The second kappa shape index (κ2) is 22.5. The Balaban J connectivity index is 0.000000282. The Bertz CT molecular complexity index is 1360. The van der Waals surface area contributed by atoms with Crippen molar-refractivity contribution in [2.24, 2.45) is 0 Å². The molecule has 1 N–H and O–H groups in total. The zero-order valence-corrected chi connectivity index (χ0v) is 30.4. The van der Waals surface area contributed by atoms with E-state index in [-0.39, 0.29) is 0 Å². The average Bonchev–Trinajstić information content (AvgIpc) is 3.42. The van der Waals surface area contributed by atoms with E-state index in [0.29, 0.717) is 0 Å². The molecule has 4 aromatic heterocycles. The number of H-pyrrole nitrogens is 1. The van der Waals surface area contributed by atoms with Crippen LogP contribution in [0.3, 0.4) is 0 Å². The number of aromatic nitrogens is 7. The van der Waals surface area contributed by atoms with Crippen molar-refractivity contribution in [3.63, 3.8) is 0 Å². The summed E-state index contributed by atoms with van der Waals surface area (Å²) in [5, 5.41) is 6.49. The third kappa shape index (κ3) is 21.4. The minimum atomic E-state index is 0.803. The summed E-state index contributed by atoms with van der Waals surface area (Å²) in [5.41, 5.74) is 11.9. The normalized spacial score (nSPS) is 9.28. The number of nitrogens with one attached hydrogen (secondary N) is 1. The molecule has 0 bridgehead atoms. The van der Waals surface area contributed by atoms with Gasteiger partial charge in [0.15, 0.2) is 0 Å². The van der Waals surface area contributed by atoms with Crippen molar-refractivity contribution >= 4 is 0 Å². The van der Waals surface area contributed by atoms with E-state index in [4.69, 9.17) is 0 Å². The number of nitrogens with zero attached hydrogens (tertiary/aromatic N) is 6. The number of benzene rings is 2. The average molecular weight is 632 g/mol. The van der Waals surface area contributed by atoms with Gasteiger partial charge in [0, 0.05) is 36.2 Å². The molecule has 7 nitrogen and oxygen atoms in total. The van der Waals surface area contributed by atoms with Crippen LogP contribution in [-0.2, 0) is 0 Å². The van der Waals surface area contributed by atoms with Crippen molar-refractivity contribution in [2.75, 3.05) is 0 Å². The fourth-order valence-electron chi connectivity index (χ4n) is 3.44. The van der Waals surface area contributed by atoms with Crippen molar-refractivity contribution in [1.82, 2.24) is 35.1 Å². The summed E-state index contributed by atoms with van der Waals surface area (Å²) in [6.45, 7) is 24.0. The molecule has 2 aromatic carbocycles. The molecule has 0 saturated heterocycles. The van der Waals surface area contributed by atoms with Crippen LogP contribution in [0.15, 0.2) is 97.6 Å². The van der Waals surface area contributed by atoms with E-state index in [1.54, 1.807) is 12.4 Å². The predicted octanol–water partition coefficient (Wildman–Crippen LogP) is 9.52. The van der Waals surface area contributed by atoms with Gasteiger partial charge in [-0.15, -0.1) is 0 Å². The minimum Gasteiger partial charge on any atom is -0.263 e. The minimum absolute atomic E-state index is 0.803. The first-order valence-corrected chi connectivity index (χ1v) is 15.7. The fourth-order valence-corrected chi connectivity index (χ4v) is 3.44. The van der Waals surface area contributed by atoms with Gasteiger partial charge in [-0.2, -0.15) is 5.10 Å². The van der Waals surface area contributed by atoms with Crippen LogP contribution < -0.4 is 0 Å². The molecule has 4 heterocycles. The van der Waals surface area contributed by atoms with Gasteiger partial charge in [-0.25, -0.2) is 4.98 Å². The standard InChI is InChI=1S/2C8H10.2C7H9N.C6H8N2.C4H7N3/c1-7-3-5-8(2)6-4-7;1-7-4-3-5-8(2)6-7;2*1-6-3-4-7(2)8-5-6;1-5-3-8-6(2)4-7-5;1-3-5-4(2)7-6-3/h2*3-6H,1-2H3;2*3-5H,1-2H3;3-4H,1-2H3;1-2H3,(H,5,6,7). The number of aromatic amines is 1. The Kier molecular flexibility index (Phi) is 19.1. The van der Waals surface area contributed by atoms with Gasteiger partial charge in [0.1, 0.15) is 11.6 Å². The Hall–Kier alpha value is -5.04. The molecule has 0 aliphatic rings. The molecule has 6 rings (SSSR count). The molecule has 0 fully saturated rings. The van der Waals surface area contributed by atoms with Gasteiger partial charge in [0.2, 0.25) is 0 Å². The van der Waals surface area contributed by atoms with Crippen molar-refractivity contribution in [3.05, 3.63) is 165 Å². The van der Waals surface area contributed by atoms with Gasteiger partial charge in [-0.1, -0.05) is 82.9 Å². The van der Waals surface area contributed by atoms with E-state index in [2.05, 4.69) is 123 Å². The molecule has 0 amide bonds. The first kappa shape index (κ1) is 40.0. The lowest BCUT2D eigenvalue weighted by Crippen LogP contribution is -1.84. The Morgan fingerprint density at radius 2 is 0.766 bits per heavy atom. The van der Waals surface area contributed by atoms with Crippen LogP contribution in [0.5, 0.6) is 0 Å². The van der Waals surface area contributed by atoms with Crippen LogP contribution in [0, 0.1) is 83.1 Å². The predicted molar refractivity (Wildman–Crippen MR) is 197 cm³/mol. The maximum atomic E-state index is 4.08. The summed E-state index contributed by atoms with van der Waals surface area (Å²) in [6.07, 6.45) is 7.26. The Morgan fingerprint density at radius 1 is 0.383 bits per heavy atom. The third-order valence-electron chi connectivity index (χ3n) is 6.13. The summed E-state index contributed by atoms with van der Waals surface area (Å²) in [6, 6.07) is 25.1. The highest BCUT2D eigenvalue weighted by Crippen LogP contribution is 2.01. The lowest BCUT2D eigenvalue weighted by molar-refractivity contribution is 1.02. The van der Waals surface area contributed by atoms with E-state index in [1.165, 1.54) is 33.4 Å². The van der Waals surface area contributed by atoms with E-state index in [0.717, 1.165) is 34.4 Å². The van der Waals surface area contributed by atoms with Crippen molar-refractivity contribution < 1.29 is 0 Å². The molecule has 0 atom stereocenters. The van der Waals surface area contributed by atoms with Gasteiger partial charge < -0.3 is 0 Å². The molecule has 47 heavy (non-hydrogen) atoms. The van der Waals surface area contributed by atoms with Crippen LogP contribution in [0.4, 0.5) is 0 Å². The van der Waals surface area contributed by atoms with Gasteiger partial charge in [-0.05, 0) is 106 Å². The first-order valence-electron chi connectivity index (χ1n) is 15.7. The molecule has 0 spiro atoms. The van der Waals surface area contributed by atoms with Crippen LogP contribution in [-0.4, -0.2) is 35.1 Å². The van der Waals surface area contributed by atoms with Gasteiger partial charge in [0.05, 0.1) is 11.4 Å². The van der Waals surface area contributed by atoms with Gasteiger partial charge >= 0.3 is 0 Å². The Morgan fingerprint density at radius 3 is 0.979 bits per heavy atom. The van der Waals surface area contributed by atoms with Crippen LogP contribution in [0.1, 0.15) is 67.8 Å². The molecule has 6 aromatic rings. The maximum absolute atomic E-state index is 4.08. The van der Waals surface area contributed by atoms with Crippen molar-refractivity contribution in [1.29, 1.82) is 0 Å². The summed E-state index contributed by atoms with van der Waals surface area (Å²) < 4.78 is 0. The highest BCUT2D eigenvalue weighted by molar-refractivity contribution is 5.20. The number of hydrogen-bond acceptors (Lipinski definition) is 6. The van der Waals surface area contributed by atoms with Crippen LogP contribution >= 0.6 is 0 Å². The number of hydrogen-bond donors (Lipinski definition) is 1. The first-order chi connectivity index (χ1) is 22.2. The molecule has 0 aliphatic carbocycles. The monoisotopic (exact) mass is 631 g/mol. The van der Waals surface area contributed by atoms with Gasteiger partial charge in [0.25, 0.3) is 0 Å². The number of rotatable bonds is 0. The SMILES string of the molecule is Cc1ccc(C)cc1.Cc1ccc(C)nc1.Cc1ccc(C)nc1.Cc1cccc(C)c1.Cc1cnc(C)cn1.Cc1n[nH]c(C)n1. The summed E-state index contributed by atoms with van der Waals surface area (Å²) in [7, 11) is 0. The quantitative estimate of drug-likeness (QED) is 0.179. The summed E-state index contributed by atoms with van der Waals surface area (Å²) >= 11 is 0. The molecule has 0 radical (unpaired) electrons. The second-order valence-electron chi connectivity index (χ2n) is 11.5.